The lowest BCUT2D eigenvalue weighted by Gasteiger charge is -2.12. The van der Waals surface area contributed by atoms with Gasteiger partial charge in [0.15, 0.2) is 0 Å². The summed E-state index contributed by atoms with van der Waals surface area (Å²) in [6.07, 6.45) is 4.75. The van der Waals surface area contributed by atoms with Gasteiger partial charge in [-0.05, 0) is 54.9 Å². The maximum Gasteiger partial charge on any atom is 0.294 e. The number of nitrogens with zero attached hydrogens (tertiary/aromatic N) is 2. The molecule has 4 rings (SSSR count). The van der Waals surface area contributed by atoms with Gasteiger partial charge in [0, 0.05) is 34.9 Å². The van der Waals surface area contributed by atoms with Gasteiger partial charge in [-0.2, -0.15) is 0 Å². The molecule has 1 aromatic heterocycles. The third-order valence-electron chi connectivity index (χ3n) is 5.05. The predicted octanol–water partition coefficient (Wildman–Crippen LogP) is 5.03. The summed E-state index contributed by atoms with van der Waals surface area (Å²) in [6.45, 7) is 4.60. The van der Waals surface area contributed by atoms with Crippen molar-refractivity contribution in [2.24, 2.45) is 0 Å². The second-order valence-electron chi connectivity index (χ2n) is 7.48. The normalized spacial score (nSPS) is 15.3. The first kappa shape index (κ1) is 20.9. The molecule has 3 amide bonds. The van der Waals surface area contributed by atoms with Crippen LogP contribution in [-0.4, -0.2) is 33.1 Å². The van der Waals surface area contributed by atoms with Gasteiger partial charge < -0.3 is 9.88 Å². The average Bonchev–Trinajstić information content (AvgIpc) is 3.21. The Kier molecular flexibility index (Phi) is 5.95. The zero-order chi connectivity index (χ0) is 22.0. The van der Waals surface area contributed by atoms with Gasteiger partial charge in [0.2, 0.25) is 5.91 Å². The first-order valence-corrected chi connectivity index (χ1v) is 11.0. The first-order valence-electron chi connectivity index (χ1n) is 10.2. The number of nitrogens with one attached hydrogen (secondary N) is 1. The number of amides is 3. The number of imide groups is 1. The molecule has 1 N–H and O–H groups in total. The quantitative estimate of drug-likeness (QED) is 0.553. The third-order valence-corrected chi connectivity index (χ3v) is 5.96. The topological polar surface area (TPSA) is 71.4 Å². The zero-order valence-electron chi connectivity index (χ0n) is 17.4. The first-order chi connectivity index (χ1) is 15.0. The van der Waals surface area contributed by atoms with Crippen molar-refractivity contribution in [2.75, 3.05) is 11.9 Å². The van der Waals surface area contributed by atoms with Gasteiger partial charge in [0.05, 0.1) is 4.91 Å². The van der Waals surface area contributed by atoms with Gasteiger partial charge in [-0.3, -0.25) is 19.3 Å². The second kappa shape index (κ2) is 8.81. The monoisotopic (exact) mass is 433 g/mol. The molecule has 0 radical (unpaired) electrons. The molecule has 6 nitrogen and oxygen atoms in total. The van der Waals surface area contributed by atoms with E-state index in [9.17, 15) is 14.4 Å². The van der Waals surface area contributed by atoms with Crippen molar-refractivity contribution in [3.63, 3.8) is 0 Å². The highest BCUT2D eigenvalue weighted by Gasteiger charge is 2.36. The number of thioether (sulfide) groups is 1. The molecule has 2 aromatic carbocycles. The molecule has 0 unspecified atom stereocenters. The highest BCUT2D eigenvalue weighted by Crippen LogP contribution is 2.34. The van der Waals surface area contributed by atoms with Gasteiger partial charge in [-0.15, -0.1) is 0 Å². The van der Waals surface area contributed by atoms with Crippen molar-refractivity contribution in [3.05, 3.63) is 70.8 Å². The van der Waals surface area contributed by atoms with Gasteiger partial charge in [-0.25, -0.2) is 0 Å². The van der Waals surface area contributed by atoms with E-state index in [4.69, 9.17) is 0 Å². The summed E-state index contributed by atoms with van der Waals surface area (Å²) in [5, 5.41) is 3.33. The minimum Gasteiger partial charge on any atom is -0.347 e. The van der Waals surface area contributed by atoms with Crippen LogP contribution in [0.15, 0.2) is 59.6 Å². The fourth-order valence-corrected chi connectivity index (χ4v) is 4.49. The largest absolute Gasteiger partial charge is 0.347 e. The molecule has 0 atom stereocenters. The van der Waals surface area contributed by atoms with Crippen molar-refractivity contribution in [2.45, 2.75) is 26.8 Å². The minimum atomic E-state index is -0.443. The van der Waals surface area contributed by atoms with Crippen LogP contribution in [0.2, 0.25) is 0 Å². The Labute approximate surface area is 184 Å². The molecule has 3 aromatic rings. The number of carbonyl (C=O) groups excluding carboxylic acids is 3. The summed E-state index contributed by atoms with van der Waals surface area (Å²) in [7, 11) is 0. The number of fused-ring (bicyclic) bond motifs is 1. The van der Waals surface area contributed by atoms with Gasteiger partial charge >= 0.3 is 0 Å². The summed E-state index contributed by atoms with van der Waals surface area (Å²) < 4.78 is 2.15. The van der Waals surface area contributed by atoms with E-state index in [-0.39, 0.29) is 6.54 Å². The maximum atomic E-state index is 12.9. The number of anilines is 1. The summed E-state index contributed by atoms with van der Waals surface area (Å²) in [4.78, 5) is 39.0. The molecule has 2 heterocycles. The van der Waals surface area contributed by atoms with Gasteiger partial charge in [-0.1, -0.05) is 37.3 Å². The van der Waals surface area contributed by atoms with Crippen LogP contribution in [0.25, 0.3) is 17.0 Å². The number of rotatable bonds is 6. The van der Waals surface area contributed by atoms with Crippen LogP contribution < -0.4 is 5.32 Å². The van der Waals surface area contributed by atoms with Crippen molar-refractivity contribution in [3.8, 4) is 0 Å². The van der Waals surface area contributed by atoms with Crippen molar-refractivity contribution in [1.29, 1.82) is 0 Å². The van der Waals surface area contributed by atoms with Crippen LogP contribution in [0.5, 0.6) is 0 Å². The highest BCUT2D eigenvalue weighted by atomic mass is 32.2. The van der Waals surface area contributed by atoms with E-state index in [2.05, 4.69) is 16.8 Å². The van der Waals surface area contributed by atoms with Crippen molar-refractivity contribution < 1.29 is 14.4 Å². The highest BCUT2D eigenvalue weighted by molar-refractivity contribution is 8.18. The molecule has 0 aliphatic carbocycles. The predicted molar refractivity (Wildman–Crippen MR) is 125 cm³/mol. The Hall–Kier alpha value is -3.32. The number of aryl methyl sites for hydroxylation is 2. The Bertz CT molecular complexity index is 1210. The third kappa shape index (κ3) is 4.41. The smallest absolute Gasteiger partial charge is 0.294 e. The Balaban J connectivity index is 1.54. The van der Waals surface area contributed by atoms with E-state index in [0.29, 0.717) is 10.6 Å². The molecule has 1 saturated heterocycles. The standard InChI is InChI=1S/C24H23N3O3S/c1-3-11-26-14-17(19-9-4-5-10-20(19)26)13-21-23(29)27(24(30)31-21)15-22(28)25-18-8-6-7-16(2)12-18/h4-10,12-14H,3,11,15H2,1-2H3,(H,25,28)/b21-13-. The lowest BCUT2D eigenvalue weighted by Crippen LogP contribution is -2.36. The average molecular weight is 434 g/mol. The zero-order valence-corrected chi connectivity index (χ0v) is 18.2. The summed E-state index contributed by atoms with van der Waals surface area (Å²) in [6, 6.07) is 15.4. The molecule has 158 valence electrons. The maximum absolute atomic E-state index is 12.9. The van der Waals surface area contributed by atoms with E-state index in [1.165, 1.54) is 0 Å². The summed E-state index contributed by atoms with van der Waals surface area (Å²) >= 11 is 0.868. The van der Waals surface area contributed by atoms with E-state index >= 15 is 0 Å². The van der Waals surface area contributed by atoms with Crippen LogP contribution in [0, 0.1) is 6.92 Å². The van der Waals surface area contributed by atoms with Crippen LogP contribution in [-0.2, 0) is 16.1 Å². The Morgan fingerprint density at radius 1 is 1.13 bits per heavy atom. The number of aromatic nitrogens is 1. The molecule has 1 aliphatic rings. The molecule has 31 heavy (non-hydrogen) atoms. The van der Waals surface area contributed by atoms with Crippen LogP contribution >= 0.6 is 11.8 Å². The molecule has 0 bridgehead atoms. The fourth-order valence-electron chi connectivity index (χ4n) is 3.66. The molecule has 1 aliphatic heterocycles. The Morgan fingerprint density at radius 3 is 2.71 bits per heavy atom. The number of para-hydroxylation sites is 1. The molecule has 0 spiro atoms. The molecule has 0 saturated carbocycles. The fraction of sp³-hybridized carbons (Fsp3) is 0.208. The lowest BCUT2D eigenvalue weighted by atomic mass is 10.1. The summed E-state index contributed by atoms with van der Waals surface area (Å²) in [5.41, 5.74) is 3.62. The number of benzene rings is 2. The van der Waals surface area contributed by atoms with Crippen LogP contribution in [0.1, 0.15) is 24.5 Å². The molecular formula is C24H23N3O3S. The lowest BCUT2D eigenvalue weighted by molar-refractivity contribution is -0.127. The summed E-state index contributed by atoms with van der Waals surface area (Å²) in [5.74, 6) is -0.851. The van der Waals surface area contributed by atoms with E-state index in [1.54, 1.807) is 12.1 Å². The van der Waals surface area contributed by atoms with Crippen molar-refractivity contribution in [1.82, 2.24) is 9.47 Å². The number of hydrogen-bond donors (Lipinski definition) is 1. The SMILES string of the molecule is CCCn1cc(/C=C2\SC(=O)N(CC(=O)Nc3cccc(C)c3)C2=O)c2ccccc21. The van der Waals surface area contributed by atoms with Gasteiger partial charge in [0.25, 0.3) is 11.1 Å². The number of hydrogen-bond acceptors (Lipinski definition) is 4. The second-order valence-corrected chi connectivity index (χ2v) is 8.47. The van der Waals surface area contributed by atoms with E-state index in [1.807, 2.05) is 55.6 Å². The van der Waals surface area contributed by atoms with Crippen LogP contribution in [0.4, 0.5) is 10.5 Å². The van der Waals surface area contributed by atoms with Gasteiger partial charge in [0.1, 0.15) is 6.54 Å². The van der Waals surface area contributed by atoms with Crippen LogP contribution in [0.3, 0.4) is 0 Å². The number of carbonyl (C=O) groups is 3. The molecular weight excluding hydrogens is 410 g/mol. The van der Waals surface area contributed by atoms with E-state index < -0.39 is 17.1 Å². The van der Waals surface area contributed by atoms with E-state index in [0.717, 1.165) is 51.7 Å². The Morgan fingerprint density at radius 2 is 1.94 bits per heavy atom. The molecule has 7 heteroatoms. The van der Waals surface area contributed by atoms with Crippen molar-refractivity contribution >= 4 is 51.5 Å². The molecule has 1 fully saturated rings. The minimum absolute atomic E-state index is 0.312.